The lowest BCUT2D eigenvalue weighted by Gasteiger charge is -2.37. The number of nitrogens with zero attached hydrogens (tertiary/aromatic N) is 1. The van der Waals surface area contributed by atoms with Gasteiger partial charge in [0.2, 0.25) is 0 Å². The highest BCUT2D eigenvalue weighted by Crippen LogP contribution is 2.41. The highest BCUT2D eigenvalue weighted by atomic mass is 35.5. The first kappa shape index (κ1) is 22.0. The lowest BCUT2D eigenvalue weighted by molar-refractivity contribution is -0.00191. The highest BCUT2D eigenvalue weighted by Gasteiger charge is 2.30. The molecular weight excluding hydrogens is 398 g/mol. The van der Waals surface area contributed by atoms with Gasteiger partial charge < -0.3 is 30.4 Å². The van der Waals surface area contributed by atoms with E-state index >= 15 is 0 Å². The minimum atomic E-state index is -0.503. The van der Waals surface area contributed by atoms with Crippen molar-refractivity contribution in [3.8, 4) is 11.5 Å². The van der Waals surface area contributed by atoms with Gasteiger partial charge >= 0.3 is 0 Å². The Kier molecular flexibility index (Phi) is 7.45. The van der Waals surface area contributed by atoms with Crippen LogP contribution in [0.25, 0.3) is 0 Å². The molecule has 29 heavy (non-hydrogen) atoms. The number of carbonyl (C=O) groups is 1. The fourth-order valence-electron chi connectivity index (χ4n) is 4.04. The van der Waals surface area contributed by atoms with Gasteiger partial charge in [0.25, 0.3) is 5.91 Å². The largest absolute Gasteiger partial charge is 0.492 e. The zero-order valence-electron chi connectivity index (χ0n) is 16.9. The normalized spacial score (nSPS) is 25.0. The summed E-state index contributed by atoms with van der Waals surface area (Å²) in [6.07, 6.45) is 2.77. The quantitative estimate of drug-likeness (QED) is 0.566. The number of likely N-dealkylation sites (tertiary alicyclic amines) is 1. The summed E-state index contributed by atoms with van der Waals surface area (Å²) in [7, 11) is 2.88. The van der Waals surface area contributed by atoms with Gasteiger partial charge in [-0.25, -0.2) is 0 Å². The van der Waals surface area contributed by atoms with Crippen molar-refractivity contribution in [1.29, 1.82) is 0 Å². The molecule has 162 valence electrons. The van der Waals surface area contributed by atoms with E-state index in [1.807, 2.05) is 0 Å². The van der Waals surface area contributed by atoms with Crippen LogP contribution in [0.3, 0.4) is 0 Å². The molecule has 1 aromatic carbocycles. The van der Waals surface area contributed by atoms with Gasteiger partial charge in [-0.1, -0.05) is 11.6 Å². The number of nitrogen functional groups attached to an aromatic ring is 1. The van der Waals surface area contributed by atoms with E-state index in [4.69, 9.17) is 31.5 Å². The molecule has 4 N–H and O–H groups in total. The molecule has 2 fully saturated rings. The van der Waals surface area contributed by atoms with Crippen LogP contribution < -0.4 is 20.5 Å². The second-order valence-corrected chi connectivity index (χ2v) is 8.01. The predicted molar refractivity (Wildman–Crippen MR) is 111 cm³/mol. The van der Waals surface area contributed by atoms with Gasteiger partial charge in [0.05, 0.1) is 42.7 Å². The van der Waals surface area contributed by atoms with E-state index in [1.54, 1.807) is 0 Å². The Morgan fingerprint density at radius 2 is 2.14 bits per heavy atom. The Morgan fingerprint density at radius 3 is 2.76 bits per heavy atom. The number of aliphatic hydroxyl groups excluding tert-OH is 1. The average Bonchev–Trinajstić information content (AvgIpc) is 3.21. The van der Waals surface area contributed by atoms with Crippen LogP contribution in [-0.2, 0) is 4.74 Å². The summed E-state index contributed by atoms with van der Waals surface area (Å²) < 4.78 is 16.3. The average molecular weight is 428 g/mol. The number of hydrogen-bond donors (Lipinski definition) is 3. The number of aliphatic hydroxyl groups is 1. The summed E-state index contributed by atoms with van der Waals surface area (Å²) in [5.74, 6) is 0.0966. The van der Waals surface area contributed by atoms with Crippen LogP contribution in [0.5, 0.6) is 11.5 Å². The number of nitrogens with one attached hydrogen (secondary N) is 1. The van der Waals surface area contributed by atoms with Crippen molar-refractivity contribution < 1.29 is 24.1 Å². The Morgan fingerprint density at radius 1 is 1.38 bits per heavy atom. The lowest BCUT2D eigenvalue weighted by atomic mass is 9.93. The van der Waals surface area contributed by atoms with Crippen molar-refractivity contribution >= 4 is 23.2 Å². The van der Waals surface area contributed by atoms with E-state index in [1.165, 1.54) is 20.3 Å². The molecule has 2 aliphatic heterocycles. The highest BCUT2D eigenvalue weighted by molar-refractivity contribution is 6.34. The van der Waals surface area contributed by atoms with Crippen molar-refractivity contribution in [2.24, 2.45) is 5.92 Å². The van der Waals surface area contributed by atoms with Gasteiger partial charge in [-0.05, 0) is 31.9 Å². The summed E-state index contributed by atoms with van der Waals surface area (Å²) in [4.78, 5) is 15.0. The molecule has 1 unspecified atom stereocenters. The standard InChI is InChI=1S/C20H30ClN3O5/c1-27-18-14(8-15(21)17(22)19(18)28-2)20(26)23-9-12-5-6-24(11-16(12)25)10-13-4-3-7-29-13/h8,12-13,16,25H,3-7,9-11,22H2,1-2H3,(H,23,26)/t12-,13?,16+/m1/s1. The van der Waals surface area contributed by atoms with E-state index < -0.39 is 6.10 Å². The van der Waals surface area contributed by atoms with Gasteiger partial charge in [0, 0.05) is 32.2 Å². The molecule has 0 aromatic heterocycles. The molecular formula is C20H30ClN3O5. The number of rotatable bonds is 7. The number of nitrogens with two attached hydrogens (primary N) is 1. The second-order valence-electron chi connectivity index (χ2n) is 7.61. The Bertz CT molecular complexity index is 727. The maximum Gasteiger partial charge on any atom is 0.255 e. The van der Waals surface area contributed by atoms with Crippen LogP contribution in [0, 0.1) is 5.92 Å². The lowest BCUT2D eigenvalue weighted by Crippen LogP contribution is -2.49. The molecule has 3 atom stereocenters. The molecule has 2 aliphatic rings. The van der Waals surface area contributed by atoms with Gasteiger partial charge in [0.15, 0.2) is 11.5 Å². The molecule has 8 nitrogen and oxygen atoms in total. The molecule has 0 spiro atoms. The number of carbonyl (C=O) groups excluding carboxylic acids is 1. The monoisotopic (exact) mass is 427 g/mol. The van der Waals surface area contributed by atoms with Crippen LogP contribution in [-0.4, -0.2) is 75.1 Å². The Balaban J connectivity index is 1.57. The first-order chi connectivity index (χ1) is 13.9. The molecule has 1 aromatic rings. The number of benzene rings is 1. The number of hydrogen-bond acceptors (Lipinski definition) is 7. The number of anilines is 1. The number of methoxy groups -OCH3 is 2. The number of ether oxygens (including phenoxy) is 3. The van der Waals surface area contributed by atoms with Gasteiger partial charge in [0.1, 0.15) is 0 Å². The fraction of sp³-hybridized carbons (Fsp3) is 0.650. The van der Waals surface area contributed by atoms with E-state index in [0.29, 0.717) is 13.1 Å². The van der Waals surface area contributed by atoms with E-state index in [0.717, 1.165) is 39.0 Å². The second kappa shape index (κ2) is 9.84. The van der Waals surface area contributed by atoms with E-state index in [-0.39, 0.29) is 45.7 Å². The number of halogens is 1. The minimum Gasteiger partial charge on any atom is -0.492 e. The molecule has 9 heteroatoms. The number of piperidine rings is 1. The van der Waals surface area contributed by atoms with Crippen molar-refractivity contribution in [2.75, 3.05) is 52.7 Å². The van der Waals surface area contributed by atoms with E-state index in [9.17, 15) is 9.90 Å². The van der Waals surface area contributed by atoms with Crippen LogP contribution in [0.15, 0.2) is 6.07 Å². The zero-order chi connectivity index (χ0) is 21.0. The third-order valence-electron chi connectivity index (χ3n) is 5.69. The molecule has 1 amide bonds. The maximum atomic E-state index is 12.7. The van der Waals surface area contributed by atoms with Crippen LogP contribution in [0.2, 0.25) is 5.02 Å². The molecule has 0 bridgehead atoms. The number of β-amino-alcohol motifs (C(OH)–C–C–N with tert-alkyl or cyclic N) is 1. The first-order valence-electron chi connectivity index (χ1n) is 9.94. The van der Waals surface area contributed by atoms with Crippen molar-refractivity contribution in [1.82, 2.24) is 10.2 Å². The summed E-state index contributed by atoms with van der Waals surface area (Å²) in [6.45, 7) is 3.52. The molecule has 2 heterocycles. The Hall–Kier alpha value is -1.74. The Labute approximate surface area is 176 Å². The van der Waals surface area contributed by atoms with Crippen molar-refractivity contribution in [3.05, 3.63) is 16.7 Å². The molecule has 0 aliphatic carbocycles. The van der Waals surface area contributed by atoms with Gasteiger partial charge in [-0.2, -0.15) is 0 Å². The third-order valence-corrected chi connectivity index (χ3v) is 6.01. The molecule has 0 radical (unpaired) electrons. The van der Waals surface area contributed by atoms with Crippen LogP contribution in [0.4, 0.5) is 5.69 Å². The predicted octanol–water partition coefficient (Wildman–Crippen LogP) is 1.53. The molecule has 3 rings (SSSR count). The third kappa shape index (κ3) is 5.06. The summed E-state index contributed by atoms with van der Waals surface area (Å²) in [5, 5.41) is 13.6. The molecule has 2 saturated heterocycles. The summed E-state index contributed by atoms with van der Waals surface area (Å²) in [6, 6.07) is 1.47. The van der Waals surface area contributed by atoms with Crippen LogP contribution >= 0.6 is 11.6 Å². The fourth-order valence-corrected chi connectivity index (χ4v) is 4.24. The van der Waals surface area contributed by atoms with Gasteiger partial charge in [-0.15, -0.1) is 0 Å². The molecule has 0 saturated carbocycles. The minimum absolute atomic E-state index is 0.0168. The first-order valence-corrected chi connectivity index (χ1v) is 10.3. The summed E-state index contributed by atoms with van der Waals surface area (Å²) in [5.41, 5.74) is 6.37. The van der Waals surface area contributed by atoms with Crippen molar-refractivity contribution in [3.63, 3.8) is 0 Å². The smallest absolute Gasteiger partial charge is 0.255 e. The summed E-state index contributed by atoms with van der Waals surface area (Å²) >= 11 is 6.13. The SMILES string of the molecule is COc1c(C(=O)NC[C@H]2CCN(CC3CCCO3)C[C@@H]2O)cc(Cl)c(N)c1OC. The van der Waals surface area contributed by atoms with Crippen LogP contribution in [0.1, 0.15) is 29.6 Å². The topological polar surface area (TPSA) is 106 Å². The van der Waals surface area contributed by atoms with Crippen molar-refractivity contribution in [2.45, 2.75) is 31.5 Å². The van der Waals surface area contributed by atoms with Gasteiger partial charge in [-0.3, -0.25) is 9.69 Å². The maximum absolute atomic E-state index is 12.7. The number of amides is 1. The zero-order valence-corrected chi connectivity index (χ0v) is 17.7. The van der Waals surface area contributed by atoms with E-state index in [2.05, 4.69) is 10.2 Å².